The topological polar surface area (TPSA) is 12.0 Å². The second-order valence-corrected chi connectivity index (χ2v) is 4.51. The van der Waals surface area contributed by atoms with Crippen LogP contribution in [0.15, 0.2) is 12.7 Å². The van der Waals surface area contributed by atoms with Gasteiger partial charge in [0.25, 0.3) is 0 Å². The molecule has 1 fully saturated rings. The van der Waals surface area contributed by atoms with Crippen LogP contribution >= 0.6 is 0 Å². The van der Waals surface area contributed by atoms with E-state index in [-0.39, 0.29) is 0 Å². The minimum Gasteiger partial charge on any atom is -0.314 e. The Labute approximate surface area is 89.0 Å². The molecular weight excluding hydrogens is 170 g/mol. The first-order chi connectivity index (χ1) is 6.86. The zero-order valence-corrected chi connectivity index (χ0v) is 9.60. The molecule has 2 atom stereocenters. The van der Waals surface area contributed by atoms with Crippen LogP contribution in [0.4, 0.5) is 0 Å². The van der Waals surface area contributed by atoms with Crippen molar-refractivity contribution in [2.45, 2.75) is 57.9 Å². The van der Waals surface area contributed by atoms with E-state index in [1.165, 1.54) is 38.5 Å². The van der Waals surface area contributed by atoms with Crippen molar-refractivity contribution in [3.8, 4) is 0 Å². The first-order valence-corrected chi connectivity index (χ1v) is 6.21. The van der Waals surface area contributed by atoms with E-state index >= 15 is 0 Å². The molecule has 0 radical (unpaired) electrons. The lowest BCUT2D eigenvalue weighted by atomic mass is 9.98. The van der Waals surface area contributed by atoms with Gasteiger partial charge in [-0.1, -0.05) is 32.3 Å². The summed E-state index contributed by atoms with van der Waals surface area (Å²) < 4.78 is 0. The maximum Gasteiger partial charge on any atom is 0.00672 e. The molecule has 0 heterocycles. The van der Waals surface area contributed by atoms with Gasteiger partial charge in [-0.2, -0.15) is 0 Å². The second kappa shape index (κ2) is 7.05. The lowest BCUT2D eigenvalue weighted by Gasteiger charge is -2.15. The summed E-state index contributed by atoms with van der Waals surface area (Å²) in [6, 6.07) is 0.784. The fourth-order valence-electron chi connectivity index (χ4n) is 2.38. The van der Waals surface area contributed by atoms with Crippen LogP contribution in [-0.4, -0.2) is 12.6 Å². The highest BCUT2D eigenvalue weighted by molar-refractivity contribution is 4.76. The average molecular weight is 195 g/mol. The molecule has 0 aromatic heterocycles. The molecule has 1 heteroatoms. The molecule has 1 N–H and O–H groups in total. The van der Waals surface area contributed by atoms with Gasteiger partial charge in [0.15, 0.2) is 0 Å². The summed E-state index contributed by atoms with van der Waals surface area (Å²) in [4.78, 5) is 0. The van der Waals surface area contributed by atoms with E-state index in [1.807, 2.05) is 6.08 Å². The van der Waals surface area contributed by atoms with Gasteiger partial charge in [0.2, 0.25) is 0 Å². The SMILES string of the molecule is C=CCCNC1CCCC(CC)CC1. The van der Waals surface area contributed by atoms with Crippen LogP contribution < -0.4 is 5.32 Å². The minimum absolute atomic E-state index is 0.784. The van der Waals surface area contributed by atoms with Gasteiger partial charge in [0, 0.05) is 6.04 Å². The van der Waals surface area contributed by atoms with Crippen molar-refractivity contribution in [2.24, 2.45) is 5.92 Å². The predicted octanol–water partition coefficient (Wildman–Crippen LogP) is 3.51. The normalized spacial score (nSPS) is 28.4. The standard InChI is InChI=1S/C13H25N/c1-3-5-11-14-13-8-6-7-12(4-2)9-10-13/h3,12-14H,1,4-11H2,2H3. The highest BCUT2D eigenvalue weighted by atomic mass is 14.9. The van der Waals surface area contributed by atoms with E-state index in [0.29, 0.717) is 0 Å². The molecular formula is C13H25N. The summed E-state index contributed by atoms with van der Waals surface area (Å²) in [7, 11) is 0. The van der Waals surface area contributed by atoms with Gasteiger partial charge in [0.05, 0.1) is 0 Å². The molecule has 1 saturated carbocycles. The van der Waals surface area contributed by atoms with Crippen molar-refractivity contribution >= 4 is 0 Å². The van der Waals surface area contributed by atoms with Gasteiger partial charge >= 0.3 is 0 Å². The van der Waals surface area contributed by atoms with Crippen molar-refractivity contribution in [3.63, 3.8) is 0 Å². The Hall–Kier alpha value is -0.300. The molecule has 1 aliphatic rings. The summed E-state index contributed by atoms with van der Waals surface area (Å²) in [5.41, 5.74) is 0. The molecule has 0 aromatic carbocycles. The van der Waals surface area contributed by atoms with Crippen molar-refractivity contribution in [3.05, 3.63) is 12.7 Å². The number of nitrogens with one attached hydrogen (secondary N) is 1. The third-order valence-electron chi connectivity index (χ3n) is 3.45. The average Bonchev–Trinajstić information content (AvgIpc) is 2.43. The van der Waals surface area contributed by atoms with Crippen LogP contribution in [0.5, 0.6) is 0 Å². The zero-order valence-electron chi connectivity index (χ0n) is 9.60. The molecule has 1 nitrogen and oxygen atoms in total. The monoisotopic (exact) mass is 195 g/mol. The van der Waals surface area contributed by atoms with Crippen LogP contribution in [0.3, 0.4) is 0 Å². The molecule has 14 heavy (non-hydrogen) atoms. The van der Waals surface area contributed by atoms with Gasteiger partial charge in [-0.25, -0.2) is 0 Å². The van der Waals surface area contributed by atoms with Crippen LogP contribution in [-0.2, 0) is 0 Å². The molecule has 0 spiro atoms. The van der Waals surface area contributed by atoms with Crippen LogP contribution in [0.25, 0.3) is 0 Å². The van der Waals surface area contributed by atoms with E-state index in [2.05, 4.69) is 18.8 Å². The third-order valence-corrected chi connectivity index (χ3v) is 3.45. The van der Waals surface area contributed by atoms with E-state index in [0.717, 1.165) is 24.9 Å². The summed E-state index contributed by atoms with van der Waals surface area (Å²) in [5, 5.41) is 3.64. The Balaban J connectivity index is 2.17. The minimum atomic E-state index is 0.784. The van der Waals surface area contributed by atoms with Gasteiger partial charge in [-0.3, -0.25) is 0 Å². The lowest BCUT2D eigenvalue weighted by molar-refractivity contribution is 0.427. The maximum absolute atomic E-state index is 3.75. The zero-order chi connectivity index (χ0) is 10.2. The summed E-state index contributed by atoms with van der Waals surface area (Å²) in [6.45, 7) is 7.19. The Bertz CT molecular complexity index is 153. The fraction of sp³-hybridized carbons (Fsp3) is 0.846. The second-order valence-electron chi connectivity index (χ2n) is 4.51. The van der Waals surface area contributed by atoms with Crippen molar-refractivity contribution < 1.29 is 0 Å². The van der Waals surface area contributed by atoms with E-state index in [4.69, 9.17) is 0 Å². The maximum atomic E-state index is 3.75. The van der Waals surface area contributed by atoms with Gasteiger partial charge in [0.1, 0.15) is 0 Å². The van der Waals surface area contributed by atoms with Crippen LogP contribution in [0, 0.1) is 5.92 Å². The molecule has 2 unspecified atom stereocenters. The highest BCUT2D eigenvalue weighted by Gasteiger charge is 2.16. The van der Waals surface area contributed by atoms with Crippen molar-refractivity contribution in [2.75, 3.05) is 6.54 Å². The quantitative estimate of drug-likeness (QED) is 0.402. The third kappa shape index (κ3) is 4.28. The Morgan fingerprint density at radius 3 is 2.86 bits per heavy atom. The lowest BCUT2D eigenvalue weighted by Crippen LogP contribution is -2.29. The van der Waals surface area contributed by atoms with Crippen molar-refractivity contribution in [1.29, 1.82) is 0 Å². The van der Waals surface area contributed by atoms with Crippen LogP contribution in [0.2, 0.25) is 0 Å². The molecule has 0 amide bonds. The molecule has 0 aromatic rings. The molecule has 0 saturated heterocycles. The van der Waals surface area contributed by atoms with Gasteiger partial charge in [-0.05, 0) is 38.1 Å². The molecule has 0 bridgehead atoms. The van der Waals surface area contributed by atoms with Gasteiger partial charge < -0.3 is 5.32 Å². The molecule has 1 aliphatic carbocycles. The first kappa shape index (κ1) is 11.8. The van der Waals surface area contributed by atoms with Crippen molar-refractivity contribution in [1.82, 2.24) is 5.32 Å². The van der Waals surface area contributed by atoms with Gasteiger partial charge in [-0.15, -0.1) is 6.58 Å². The molecule has 0 aliphatic heterocycles. The van der Waals surface area contributed by atoms with E-state index in [1.54, 1.807) is 0 Å². The summed E-state index contributed by atoms with van der Waals surface area (Å²) in [6.07, 6.45) is 11.6. The molecule has 82 valence electrons. The smallest absolute Gasteiger partial charge is 0.00672 e. The summed E-state index contributed by atoms with van der Waals surface area (Å²) in [5.74, 6) is 1.00. The number of hydrogen-bond acceptors (Lipinski definition) is 1. The number of hydrogen-bond donors (Lipinski definition) is 1. The Morgan fingerprint density at radius 1 is 1.29 bits per heavy atom. The Kier molecular flexibility index (Phi) is 5.93. The summed E-state index contributed by atoms with van der Waals surface area (Å²) >= 11 is 0. The molecule has 1 rings (SSSR count). The van der Waals surface area contributed by atoms with Crippen LogP contribution in [0.1, 0.15) is 51.9 Å². The van der Waals surface area contributed by atoms with E-state index < -0.39 is 0 Å². The predicted molar refractivity (Wildman–Crippen MR) is 63.5 cm³/mol. The Morgan fingerprint density at radius 2 is 2.14 bits per heavy atom. The first-order valence-electron chi connectivity index (χ1n) is 6.21. The fourth-order valence-corrected chi connectivity index (χ4v) is 2.38. The largest absolute Gasteiger partial charge is 0.314 e. The highest BCUT2D eigenvalue weighted by Crippen LogP contribution is 2.25. The number of rotatable bonds is 5. The van der Waals surface area contributed by atoms with E-state index in [9.17, 15) is 0 Å².